The predicted octanol–water partition coefficient (Wildman–Crippen LogP) is 7.02. The van der Waals surface area contributed by atoms with E-state index >= 15 is 0 Å². The summed E-state index contributed by atoms with van der Waals surface area (Å²) in [5.74, 6) is -0.491. The molecule has 11 nitrogen and oxygen atoms in total. The number of likely N-dealkylation sites (tertiary alicyclic amines) is 1. The lowest BCUT2D eigenvalue weighted by Gasteiger charge is -2.41. The number of anilines is 2. The van der Waals surface area contributed by atoms with Crippen LogP contribution in [0.1, 0.15) is 86.0 Å². The summed E-state index contributed by atoms with van der Waals surface area (Å²) in [6, 6.07) is 31.7. The Balaban J connectivity index is 0.904. The normalized spacial score (nSPS) is 20.8. The van der Waals surface area contributed by atoms with Crippen LogP contribution >= 0.6 is 0 Å². The number of carbonyl (C=O) groups is 2. The monoisotopic (exact) mass is 762 g/mol. The lowest BCUT2D eigenvalue weighted by atomic mass is 9.98. The summed E-state index contributed by atoms with van der Waals surface area (Å²) in [5.41, 5.74) is 13.1. The Morgan fingerprint density at radius 3 is 2.21 bits per heavy atom. The van der Waals surface area contributed by atoms with Crippen molar-refractivity contribution >= 4 is 23.2 Å². The second-order valence-corrected chi connectivity index (χ2v) is 15.1. The molecule has 0 unspecified atom stereocenters. The van der Waals surface area contributed by atoms with E-state index in [-0.39, 0.29) is 30.6 Å². The number of benzene rings is 4. The van der Waals surface area contributed by atoms with Gasteiger partial charge in [0.2, 0.25) is 11.8 Å². The fourth-order valence-corrected chi connectivity index (χ4v) is 7.74. The minimum Gasteiger partial charge on any atom is -0.397 e. The number of aliphatic hydroxyl groups excluding tert-OH is 1. The van der Waals surface area contributed by atoms with Gasteiger partial charge in [-0.1, -0.05) is 85.3 Å². The summed E-state index contributed by atoms with van der Waals surface area (Å²) in [6.07, 6.45) is 4.74. The summed E-state index contributed by atoms with van der Waals surface area (Å²) >= 11 is 0. The highest BCUT2D eigenvalue weighted by Crippen LogP contribution is 2.39. The van der Waals surface area contributed by atoms with Crippen LogP contribution in [-0.2, 0) is 41.7 Å². The first-order chi connectivity index (χ1) is 27.3. The second kappa shape index (κ2) is 19.0. The van der Waals surface area contributed by atoms with Crippen molar-refractivity contribution in [1.82, 2.24) is 10.2 Å². The van der Waals surface area contributed by atoms with Crippen LogP contribution in [0.2, 0.25) is 0 Å². The van der Waals surface area contributed by atoms with E-state index in [9.17, 15) is 14.7 Å². The molecule has 5 N–H and O–H groups in total. The van der Waals surface area contributed by atoms with Crippen LogP contribution in [-0.4, -0.2) is 66.6 Å². The first kappa shape index (κ1) is 39.6. The van der Waals surface area contributed by atoms with Gasteiger partial charge >= 0.3 is 0 Å². The largest absolute Gasteiger partial charge is 0.397 e. The number of amides is 2. The second-order valence-electron chi connectivity index (χ2n) is 15.1. The molecule has 1 spiro atoms. The number of unbranched alkanes of at least 4 members (excludes halogenated alkanes) is 2. The number of nitrogen functional groups attached to an aromatic ring is 1. The van der Waals surface area contributed by atoms with Crippen LogP contribution in [0.4, 0.5) is 11.4 Å². The molecule has 56 heavy (non-hydrogen) atoms. The molecule has 0 radical (unpaired) electrons. The summed E-state index contributed by atoms with van der Waals surface area (Å²) in [4.78, 5) is 27.3. The highest BCUT2D eigenvalue weighted by Gasteiger charge is 2.41. The first-order valence-corrected chi connectivity index (χ1v) is 20.0. The minimum absolute atomic E-state index is 0.00394. The lowest BCUT2D eigenvalue weighted by Crippen LogP contribution is -2.48. The molecule has 7 rings (SSSR count). The molecule has 3 aliphatic rings. The first-order valence-electron chi connectivity index (χ1n) is 20.0. The van der Waals surface area contributed by atoms with E-state index < -0.39 is 12.1 Å². The molecule has 0 aromatic heterocycles. The number of hydrogen-bond donors (Lipinski definition) is 4. The summed E-state index contributed by atoms with van der Waals surface area (Å²) in [6.45, 7) is 4.37. The molecule has 11 heteroatoms. The Morgan fingerprint density at radius 2 is 1.48 bits per heavy atom. The smallest absolute Gasteiger partial charge is 0.224 e. The molecular weight excluding hydrogens is 709 g/mol. The van der Waals surface area contributed by atoms with Crippen molar-refractivity contribution in [2.45, 2.75) is 88.8 Å². The van der Waals surface area contributed by atoms with Gasteiger partial charge < -0.3 is 45.3 Å². The van der Waals surface area contributed by atoms with E-state index in [1.165, 1.54) is 0 Å². The van der Waals surface area contributed by atoms with Crippen LogP contribution in [0.5, 0.6) is 0 Å². The number of piperidine rings is 1. The zero-order valence-corrected chi connectivity index (χ0v) is 32.0. The average molecular weight is 763 g/mol. The molecule has 3 heterocycles. The van der Waals surface area contributed by atoms with Crippen molar-refractivity contribution < 1.29 is 33.6 Å². The number of para-hydroxylation sites is 2. The number of hydrogen-bond acceptors (Lipinski definition) is 9. The Kier molecular flexibility index (Phi) is 13.4. The van der Waals surface area contributed by atoms with Crippen molar-refractivity contribution in [3.8, 4) is 11.1 Å². The number of carbonyl (C=O) groups excluding carboxylic acids is 2. The lowest BCUT2D eigenvalue weighted by molar-refractivity contribution is -0.255. The Hall–Kier alpha value is -4.62. The summed E-state index contributed by atoms with van der Waals surface area (Å²) in [5, 5.41) is 15.5. The third-order valence-electron chi connectivity index (χ3n) is 11.0. The van der Waals surface area contributed by atoms with Gasteiger partial charge in [0.25, 0.3) is 0 Å². The highest BCUT2D eigenvalue weighted by atomic mass is 16.7. The van der Waals surface area contributed by atoms with Gasteiger partial charge in [-0.25, -0.2) is 0 Å². The molecule has 3 fully saturated rings. The van der Waals surface area contributed by atoms with E-state index in [4.69, 9.17) is 24.7 Å². The predicted molar refractivity (Wildman–Crippen MR) is 215 cm³/mol. The van der Waals surface area contributed by atoms with Crippen molar-refractivity contribution in [3.05, 3.63) is 119 Å². The van der Waals surface area contributed by atoms with E-state index in [0.29, 0.717) is 56.8 Å². The van der Waals surface area contributed by atoms with Gasteiger partial charge in [-0.15, -0.1) is 0 Å². The Morgan fingerprint density at radius 1 is 0.768 bits per heavy atom. The number of aliphatic hydroxyl groups is 1. The average Bonchev–Trinajstić information content (AvgIpc) is 3.69. The van der Waals surface area contributed by atoms with E-state index in [2.05, 4.69) is 51.9 Å². The number of rotatable bonds is 15. The van der Waals surface area contributed by atoms with Gasteiger partial charge in [-0.3, -0.25) is 9.59 Å². The number of nitrogens with zero attached hydrogens (tertiary/aromatic N) is 1. The standard InChI is InChI=1S/C45H54N4O7/c46-39-9-4-5-10-40(39)48-43(52)12-3-1-2-11-42(51)47-29-33-7-6-8-37(27-33)34-17-19-36(20-18-34)44-55-38(28-41(56-44)35-15-13-32(31-50)14-16-35)30-49-23-21-45(22-24-49)53-25-26-54-45/h4-10,13-20,27,38,41,44,50H,1-3,11-12,21-26,28-31,46H2,(H,47,51)(H,48,52)/t38-,41+,44+/m1/s1. The Bertz CT molecular complexity index is 1890. The van der Waals surface area contributed by atoms with Gasteiger partial charge in [0.1, 0.15) is 0 Å². The van der Waals surface area contributed by atoms with Crippen molar-refractivity contribution in [3.63, 3.8) is 0 Å². The molecule has 3 atom stereocenters. The van der Waals surface area contributed by atoms with Crippen molar-refractivity contribution in [2.75, 3.05) is 43.9 Å². The molecular formula is C45H54N4O7. The third-order valence-corrected chi connectivity index (χ3v) is 11.0. The fraction of sp³-hybridized carbons (Fsp3) is 0.422. The maximum Gasteiger partial charge on any atom is 0.224 e. The molecule has 0 saturated carbocycles. The molecule has 0 bridgehead atoms. The summed E-state index contributed by atoms with van der Waals surface area (Å²) < 4.78 is 25.2. The number of nitrogens with two attached hydrogens (primary N) is 1. The molecule has 0 aliphatic carbocycles. The van der Waals surface area contributed by atoms with E-state index in [1.54, 1.807) is 12.1 Å². The fourth-order valence-electron chi connectivity index (χ4n) is 7.74. The quantitative estimate of drug-likeness (QED) is 0.0742. The van der Waals surface area contributed by atoms with Gasteiger partial charge in [-0.05, 0) is 58.9 Å². The Labute approximate surface area is 329 Å². The molecule has 3 saturated heterocycles. The SMILES string of the molecule is Nc1ccccc1NC(=O)CCCCCC(=O)NCc1cccc(-c2ccc([C@H]3O[C@@H](CN4CCC5(CC4)OCCO5)C[C@@H](c4ccc(CO)cc4)O3)cc2)c1. The molecule has 296 valence electrons. The van der Waals surface area contributed by atoms with Crippen molar-refractivity contribution in [1.29, 1.82) is 0 Å². The van der Waals surface area contributed by atoms with Crippen LogP contribution in [0.15, 0.2) is 97.1 Å². The van der Waals surface area contributed by atoms with Crippen LogP contribution in [0.25, 0.3) is 11.1 Å². The number of ether oxygens (including phenoxy) is 4. The maximum absolute atomic E-state index is 12.6. The van der Waals surface area contributed by atoms with Crippen molar-refractivity contribution in [2.24, 2.45) is 0 Å². The summed E-state index contributed by atoms with van der Waals surface area (Å²) in [7, 11) is 0. The van der Waals surface area contributed by atoms with Gasteiger partial charge in [0.15, 0.2) is 12.1 Å². The van der Waals surface area contributed by atoms with Gasteiger partial charge in [-0.2, -0.15) is 0 Å². The minimum atomic E-state index is -0.532. The highest BCUT2D eigenvalue weighted by molar-refractivity contribution is 5.93. The van der Waals surface area contributed by atoms with E-state index in [1.807, 2.05) is 48.5 Å². The van der Waals surface area contributed by atoms with E-state index in [0.717, 1.165) is 78.7 Å². The third kappa shape index (κ3) is 10.6. The molecule has 4 aromatic carbocycles. The van der Waals surface area contributed by atoms with Crippen LogP contribution in [0.3, 0.4) is 0 Å². The van der Waals surface area contributed by atoms with Crippen LogP contribution < -0.4 is 16.4 Å². The maximum atomic E-state index is 12.6. The van der Waals surface area contributed by atoms with Gasteiger partial charge in [0.05, 0.1) is 43.4 Å². The molecule has 4 aromatic rings. The van der Waals surface area contributed by atoms with Crippen LogP contribution in [0, 0.1) is 0 Å². The zero-order chi connectivity index (χ0) is 38.7. The van der Waals surface area contributed by atoms with Gasteiger partial charge in [0, 0.05) is 63.8 Å². The number of nitrogens with one attached hydrogen (secondary N) is 2. The molecule has 2 amide bonds. The zero-order valence-electron chi connectivity index (χ0n) is 32.0. The topological polar surface area (TPSA) is 145 Å². The molecule has 3 aliphatic heterocycles.